The molecule has 6 nitrogen and oxygen atoms in total. The zero-order chi connectivity index (χ0) is 14.1. The Hall–Kier alpha value is -1.40. The average Bonchev–Trinajstić information content (AvgIpc) is 2.41. The molecule has 1 rings (SSSR count). The van der Waals surface area contributed by atoms with Crippen molar-refractivity contribution in [3.8, 4) is 0 Å². The van der Waals surface area contributed by atoms with Crippen LogP contribution in [0.4, 0.5) is 11.6 Å². The van der Waals surface area contributed by atoms with E-state index in [0.717, 1.165) is 56.0 Å². The summed E-state index contributed by atoms with van der Waals surface area (Å²) in [6.45, 7) is 5.73. The number of rotatable bonds is 9. The molecule has 0 radical (unpaired) electrons. The van der Waals surface area contributed by atoms with E-state index in [0.29, 0.717) is 5.82 Å². The van der Waals surface area contributed by atoms with E-state index < -0.39 is 0 Å². The normalized spacial score (nSPS) is 10.5. The minimum absolute atomic E-state index is 0.692. The topological polar surface area (TPSA) is 85.1 Å². The number of aryl methyl sites for hydroxylation is 1. The Labute approximate surface area is 115 Å². The van der Waals surface area contributed by atoms with Crippen LogP contribution in [-0.4, -0.2) is 30.2 Å². The zero-order valence-corrected chi connectivity index (χ0v) is 12.1. The van der Waals surface area contributed by atoms with E-state index in [9.17, 15) is 0 Å². The first-order chi connectivity index (χ1) is 9.22. The van der Waals surface area contributed by atoms with Gasteiger partial charge < -0.3 is 15.5 Å². The van der Waals surface area contributed by atoms with Crippen LogP contribution >= 0.6 is 0 Å². The lowest BCUT2D eigenvalue weighted by Gasteiger charge is -2.13. The van der Waals surface area contributed by atoms with Gasteiger partial charge in [0.2, 0.25) is 0 Å². The second-order valence-electron chi connectivity index (χ2n) is 4.48. The second-order valence-corrected chi connectivity index (χ2v) is 4.48. The quantitative estimate of drug-likeness (QED) is 0.360. The smallest absolute Gasteiger partial charge is 0.148 e. The van der Waals surface area contributed by atoms with Crippen molar-refractivity contribution in [2.75, 3.05) is 31.0 Å². The molecule has 1 heterocycles. The first-order valence-electron chi connectivity index (χ1n) is 6.79. The van der Waals surface area contributed by atoms with Crippen LogP contribution in [0.5, 0.6) is 0 Å². The van der Waals surface area contributed by atoms with Crippen molar-refractivity contribution < 1.29 is 4.74 Å². The monoisotopic (exact) mass is 267 g/mol. The van der Waals surface area contributed by atoms with Gasteiger partial charge in [0, 0.05) is 32.2 Å². The molecule has 0 spiro atoms. The molecule has 6 heteroatoms. The number of nitrogens with zero attached hydrogens (tertiary/aromatic N) is 2. The maximum Gasteiger partial charge on any atom is 0.148 e. The van der Waals surface area contributed by atoms with E-state index in [4.69, 9.17) is 10.6 Å². The maximum atomic E-state index is 5.49. The largest absolute Gasteiger partial charge is 0.385 e. The van der Waals surface area contributed by atoms with Gasteiger partial charge in [0.1, 0.15) is 17.5 Å². The number of hydrogen-bond acceptors (Lipinski definition) is 6. The van der Waals surface area contributed by atoms with Crippen molar-refractivity contribution in [2.24, 2.45) is 5.84 Å². The summed E-state index contributed by atoms with van der Waals surface area (Å²) >= 11 is 0. The predicted molar refractivity (Wildman–Crippen MR) is 78.2 cm³/mol. The maximum absolute atomic E-state index is 5.49. The van der Waals surface area contributed by atoms with Gasteiger partial charge in [0.05, 0.1) is 0 Å². The number of nitrogens with two attached hydrogens (primary N) is 1. The number of nitrogens with one attached hydrogen (secondary N) is 2. The Bertz CT molecular complexity index is 384. The highest BCUT2D eigenvalue weighted by Gasteiger charge is 2.09. The third-order valence-corrected chi connectivity index (χ3v) is 2.87. The summed E-state index contributed by atoms with van der Waals surface area (Å²) in [5, 5.41) is 3.34. The molecular formula is C13H25N5O. The molecule has 0 amide bonds. The summed E-state index contributed by atoms with van der Waals surface area (Å²) in [5.41, 5.74) is 3.59. The molecule has 108 valence electrons. The SMILES string of the molecule is CCCc1nc(NN)c(C)c(NCCCCOC)n1. The van der Waals surface area contributed by atoms with Gasteiger partial charge in [-0.2, -0.15) is 0 Å². The summed E-state index contributed by atoms with van der Waals surface area (Å²) in [5.74, 6) is 7.87. The van der Waals surface area contributed by atoms with Crippen LogP contribution in [-0.2, 0) is 11.2 Å². The van der Waals surface area contributed by atoms with Crippen molar-refractivity contribution in [3.05, 3.63) is 11.4 Å². The Morgan fingerprint density at radius 1 is 1.21 bits per heavy atom. The average molecular weight is 267 g/mol. The highest BCUT2D eigenvalue weighted by molar-refractivity contribution is 5.56. The molecule has 0 aliphatic carbocycles. The summed E-state index contributed by atoms with van der Waals surface area (Å²) in [4.78, 5) is 8.93. The molecule has 4 N–H and O–H groups in total. The summed E-state index contributed by atoms with van der Waals surface area (Å²) < 4.78 is 5.03. The van der Waals surface area contributed by atoms with Crippen molar-refractivity contribution in [2.45, 2.75) is 39.5 Å². The second kappa shape index (κ2) is 8.66. The van der Waals surface area contributed by atoms with Crippen molar-refractivity contribution >= 4 is 11.6 Å². The predicted octanol–water partition coefficient (Wildman–Crippen LogP) is 1.86. The number of unbranched alkanes of at least 4 members (excludes halogenated alkanes) is 1. The van der Waals surface area contributed by atoms with Crippen molar-refractivity contribution in [3.63, 3.8) is 0 Å². The van der Waals surface area contributed by atoms with Gasteiger partial charge in [0.25, 0.3) is 0 Å². The lowest BCUT2D eigenvalue weighted by Crippen LogP contribution is -2.15. The molecule has 0 fully saturated rings. The number of aromatic nitrogens is 2. The van der Waals surface area contributed by atoms with E-state index in [2.05, 4.69) is 27.6 Å². The molecule has 0 aromatic carbocycles. The lowest BCUT2D eigenvalue weighted by molar-refractivity contribution is 0.194. The van der Waals surface area contributed by atoms with Gasteiger partial charge in [-0.1, -0.05) is 6.92 Å². The lowest BCUT2D eigenvalue weighted by atomic mass is 10.2. The third kappa shape index (κ3) is 5.00. The minimum Gasteiger partial charge on any atom is -0.385 e. The van der Waals surface area contributed by atoms with Gasteiger partial charge in [-0.05, 0) is 26.2 Å². The molecule has 0 aliphatic rings. The molecule has 0 saturated carbocycles. The number of methoxy groups -OCH3 is 1. The van der Waals surface area contributed by atoms with E-state index in [1.54, 1.807) is 7.11 Å². The van der Waals surface area contributed by atoms with Crippen LogP contribution in [0.25, 0.3) is 0 Å². The Morgan fingerprint density at radius 3 is 2.58 bits per heavy atom. The van der Waals surface area contributed by atoms with E-state index >= 15 is 0 Å². The van der Waals surface area contributed by atoms with Gasteiger partial charge in [-0.25, -0.2) is 15.8 Å². The van der Waals surface area contributed by atoms with Crippen molar-refractivity contribution in [1.29, 1.82) is 0 Å². The van der Waals surface area contributed by atoms with Crippen molar-refractivity contribution in [1.82, 2.24) is 9.97 Å². The molecule has 1 aromatic heterocycles. The standard InChI is InChI=1S/C13H25N5O/c1-4-7-11-16-12(10(2)13(17-11)18-14)15-8-5-6-9-19-3/h4-9,14H2,1-3H3,(H2,15,16,17,18). The number of nitrogen functional groups attached to an aromatic ring is 1. The highest BCUT2D eigenvalue weighted by atomic mass is 16.5. The van der Waals surface area contributed by atoms with Crippen LogP contribution in [0.1, 0.15) is 37.6 Å². The molecular weight excluding hydrogens is 242 g/mol. The zero-order valence-electron chi connectivity index (χ0n) is 12.1. The van der Waals surface area contributed by atoms with Crippen LogP contribution in [0.3, 0.4) is 0 Å². The third-order valence-electron chi connectivity index (χ3n) is 2.87. The Morgan fingerprint density at radius 2 is 1.95 bits per heavy atom. The molecule has 0 unspecified atom stereocenters. The summed E-state index contributed by atoms with van der Waals surface area (Å²) in [6, 6.07) is 0. The molecule has 0 bridgehead atoms. The molecule has 0 atom stereocenters. The fourth-order valence-electron chi connectivity index (χ4n) is 1.79. The number of anilines is 2. The van der Waals surface area contributed by atoms with Crippen LogP contribution < -0.4 is 16.6 Å². The van der Waals surface area contributed by atoms with Crippen LogP contribution in [0.2, 0.25) is 0 Å². The van der Waals surface area contributed by atoms with Crippen LogP contribution in [0.15, 0.2) is 0 Å². The minimum atomic E-state index is 0.692. The van der Waals surface area contributed by atoms with E-state index in [1.165, 1.54) is 0 Å². The first-order valence-corrected chi connectivity index (χ1v) is 6.79. The number of hydrogen-bond donors (Lipinski definition) is 3. The van der Waals surface area contributed by atoms with E-state index in [-0.39, 0.29) is 0 Å². The Balaban J connectivity index is 2.66. The summed E-state index contributed by atoms with van der Waals surface area (Å²) in [7, 11) is 1.72. The number of hydrazine groups is 1. The fraction of sp³-hybridized carbons (Fsp3) is 0.692. The van der Waals surface area contributed by atoms with Crippen LogP contribution in [0, 0.1) is 6.92 Å². The number of ether oxygens (including phenoxy) is 1. The van der Waals surface area contributed by atoms with Gasteiger partial charge in [0.15, 0.2) is 0 Å². The van der Waals surface area contributed by atoms with Gasteiger partial charge in [-0.15, -0.1) is 0 Å². The molecule has 0 saturated heterocycles. The molecule has 0 aliphatic heterocycles. The Kier molecular flexibility index (Phi) is 7.14. The van der Waals surface area contributed by atoms with Gasteiger partial charge >= 0.3 is 0 Å². The molecule has 1 aromatic rings. The summed E-state index contributed by atoms with van der Waals surface area (Å²) in [6.07, 6.45) is 3.96. The highest BCUT2D eigenvalue weighted by Crippen LogP contribution is 2.19. The molecule has 19 heavy (non-hydrogen) atoms. The van der Waals surface area contributed by atoms with E-state index in [1.807, 2.05) is 6.92 Å². The fourth-order valence-corrected chi connectivity index (χ4v) is 1.79. The van der Waals surface area contributed by atoms with Gasteiger partial charge in [-0.3, -0.25) is 0 Å². The first kappa shape index (κ1) is 15.7.